The van der Waals surface area contributed by atoms with E-state index in [0.717, 1.165) is 25.2 Å². The van der Waals surface area contributed by atoms with Gasteiger partial charge in [-0.25, -0.2) is 0 Å². The van der Waals surface area contributed by atoms with Gasteiger partial charge in [-0.05, 0) is 11.8 Å². The summed E-state index contributed by atoms with van der Waals surface area (Å²) in [6.45, 7) is 9.82. The van der Waals surface area contributed by atoms with E-state index >= 15 is 0 Å². The predicted octanol–water partition coefficient (Wildman–Crippen LogP) is 2.83. The van der Waals surface area contributed by atoms with E-state index in [1.807, 2.05) is 11.7 Å². The van der Waals surface area contributed by atoms with Gasteiger partial charge in [0, 0.05) is 19.7 Å². The molecule has 0 amide bonds. The van der Waals surface area contributed by atoms with Crippen LogP contribution >= 0.6 is 0 Å². The molecule has 0 atom stereocenters. The average molecular weight is 209 g/mol. The van der Waals surface area contributed by atoms with E-state index < -0.39 is 0 Å². The van der Waals surface area contributed by atoms with Crippen LogP contribution in [0.4, 0.5) is 5.82 Å². The molecule has 0 fully saturated rings. The van der Waals surface area contributed by atoms with Crippen molar-refractivity contribution in [3.8, 4) is 0 Å². The molecule has 0 aliphatic rings. The topological polar surface area (TPSA) is 29.9 Å². The predicted molar refractivity (Wildman–Crippen MR) is 65.1 cm³/mol. The lowest BCUT2D eigenvalue weighted by Crippen LogP contribution is -2.20. The highest BCUT2D eigenvalue weighted by atomic mass is 15.3. The Hall–Kier alpha value is -0.990. The zero-order valence-electron chi connectivity index (χ0n) is 10.6. The Kier molecular flexibility index (Phi) is 3.77. The second kappa shape index (κ2) is 4.69. The van der Waals surface area contributed by atoms with Crippen molar-refractivity contribution in [3.63, 3.8) is 0 Å². The first-order chi connectivity index (χ1) is 6.92. The zero-order chi connectivity index (χ0) is 11.5. The van der Waals surface area contributed by atoms with Crippen molar-refractivity contribution >= 4 is 5.82 Å². The van der Waals surface area contributed by atoms with E-state index in [-0.39, 0.29) is 0 Å². The Morgan fingerprint density at radius 3 is 2.60 bits per heavy atom. The van der Waals surface area contributed by atoms with Crippen LogP contribution in [-0.2, 0) is 13.5 Å². The molecular weight excluding hydrogens is 186 g/mol. The molecule has 1 rings (SSSR count). The number of nitrogens with zero attached hydrogens (tertiary/aromatic N) is 2. The number of aromatic nitrogens is 2. The second-order valence-electron chi connectivity index (χ2n) is 5.31. The largest absolute Gasteiger partial charge is 0.370 e. The number of aryl methyl sites for hydroxylation is 2. The summed E-state index contributed by atoms with van der Waals surface area (Å²) in [4.78, 5) is 0. The van der Waals surface area contributed by atoms with Gasteiger partial charge in [-0.15, -0.1) is 0 Å². The summed E-state index contributed by atoms with van der Waals surface area (Å²) in [5.74, 6) is 1.12. The SMILES string of the molecule is CCCc1cc(NCC(C)(C)C)n(C)n1. The van der Waals surface area contributed by atoms with Crippen LogP contribution in [0.15, 0.2) is 6.07 Å². The molecule has 1 aromatic rings. The van der Waals surface area contributed by atoms with Gasteiger partial charge in [-0.3, -0.25) is 4.68 Å². The van der Waals surface area contributed by atoms with Gasteiger partial charge in [0.2, 0.25) is 0 Å². The monoisotopic (exact) mass is 209 g/mol. The van der Waals surface area contributed by atoms with Crippen LogP contribution in [0, 0.1) is 5.41 Å². The van der Waals surface area contributed by atoms with Crippen LogP contribution in [0.5, 0.6) is 0 Å². The molecule has 0 aliphatic carbocycles. The van der Waals surface area contributed by atoms with Gasteiger partial charge in [-0.2, -0.15) is 5.10 Å². The summed E-state index contributed by atoms with van der Waals surface area (Å²) in [5.41, 5.74) is 1.48. The van der Waals surface area contributed by atoms with Gasteiger partial charge in [0.15, 0.2) is 0 Å². The summed E-state index contributed by atoms with van der Waals surface area (Å²) in [6.07, 6.45) is 2.21. The van der Waals surface area contributed by atoms with Crippen molar-refractivity contribution in [3.05, 3.63) is 11.8 Å². The lowest BCUT2D eigenvalue weighted by molar-refractivity contribution is 0.441. The van der Waals surface area contributed by atoms with Gasteiger partial charge in [0.25, 0.3) is 0 Å². The Labute approximate surface area is 92.9 Å². The van der Waals surface area contributed by atoms with Gasteiger partial charge in [0.05, 0.1) is 5.69 Å². The fraction of sp³-hybridized carbons (Fsp3) is 0.750. The van der Waals surface area contributed by atoms with Crippen molar-refractivity contribution in [2.45, 2.75) is 40.5 Å². The molecule has 3 nitrogen and oxygen atoms in total. The Morgan fingerprint density at radius 1 is 1.40 bits per heavy atom. The van der Waals surface area contributed by atoms with Crippen molar-refractivity contribution in [1.29, 1.82) is 0 Å². The fourth-order valence-corrected chi connectivity index (χ4v) is 1.43. The number of rotatable bonds is 4. The number of hydrogen-bond acceptors (Lipinski definition) is 2. The standard InChI is InChI=1S/C12H23N3/c1-6-7-10-8-11(15(5)14-10)13-9-12(2,3)4/h8,13H,6-7,9H2,1-5H3. The van der Waals surface area contributed by atoms with Gasteiger partial charge >= 0.3 is 0 Å². The van der Waals surface area contributed by atoms with Crippen LogP contribution in [-0.4, -0.2) is 16.3 Å². The summed E-state index contributed by atoms with van der Waals surface area (Å²) < 4.78 is 1.93. The maximum Gasteiger partial charge on any atom is 0.124 e. The molecule has 0 spiro atoms. The van der Waals surface area contributed by atoms with E-state index in [1.165, 1.54) is 5.69 Å². The maximum atomic E-state index is 4.46. The lowest BCUT2D eigenvalue weighted by atomic mass is 9.97. The van der Waals surface area contributed by atoms with Gasteiger partial charge in [-0.1, -0.05) is 34.1 Å². The molecule has 0 saturated heterocycles. The molecule has 86 valence electrons. The van der Waals surface area contributed by atoms with Gasteiger partial charge < -0.3 is 5.32 Å². The third-order valence-electron chi connectivity index (χ3n) is 2.24. The molecule has 1 N–H and O–H groups in total. The molecular formula is C12H23N3. The van der Waals surface area contributed by atoms with Crippen LogP contribution in [0.25, 0.3) is 0 Å². The summed E-state index contributed by atoms with van der Waals surface area (Å²) in [6, 6.07) is 2.15. The minimum absolute atomic E-state index is 0.301. The summed E-state index contributed by atoms with van der Waals surface area (Å²) >= 11 is 0. The third-order valence-corrected chi connectivity index (χ3v) is 2.24. The van der Waals surface area contributed by atoms with Crippen LogP contribution < -0.4 is 5.32 Å². The van der Waals surface area contributed by atoms with Crippen LogP contribution in [0.1, 0.15) is 39.8 Å². The normalized spacial score (nSPS) is 11.8. The molecule has 0 saturated carbocycles. The Morgan fingerprint density at radius 2 is 2.07 bits per heavy atom. The van der Waals surface area contributed by atoms with Crippen molar-refractivity contribution < 1.29 is 0 Å². The van der Waals surface area contributed by atoms with Crippen LogP contribution in [0.2, 0.25) is 0 Å². The maximum absolute atomic E-state index is 4.46. The molecule has 0 bridgehead atoms. The smallest absolute Gasteiger partial charge is 0.124 e. The van der Waals surface area contributed by atoms with Crippen molar-refractivity contribution in [2.75, 3.05) is 11.9 Å². The van der Waals surface area contributed by atoms with E-state index in [1.54, 1.807) is 0 Å². The Balaban J connectivity index is 2.61. The van der Waals surface area contributed by atoms with E-state index in [9.17, 15) is 0 Å². The van der Waals surface area contributed by atoms with Crippen molar-refractivity contribution in [1.82, 2.24) is 9.78 Å². The average Bonchev–Trinajstić information content (AvgIpc) is 2.42. The molecule has 0 radical (unpaired) electrons. The molecule has 0 aromatic carbocycles. The number of hydrogen-bond donors (Lipinski definition) is 1. The number of nitrogens with one attached hydrogen (secondary N) is 1. The highest BCUT2D eigenvalue weighted by molar-refractivity contribution is 5.37. The van der Waals surface area contributed by atoms with Gasteiger partial charge in [0.1, 0.15) is 5.82 Å². The molecule has 0 unspecified atom stereocenters. The van der Waals surface area contributed by atoms with Crippen molar-refractivity contribution in [2.24, 2.45) is 12.5 Å². The van der Waals surface area contributed by atoms with E-state index in [4.69, 9.17) is 0 Å². The molecule has 1 heterocycles. The summed E-state index contributed by atoms with van der Waals surface area (Å²) in [7, 11) is 1.99. The quantitative estimate of drug-likeness (QED) is 0.826. The third kappa shape index (κ3) is 3.94. The Bertz CT molecular complexity index is 307. The highest BCUT2D eigenvalue weighted by Crippen LogP contribution is 2.16. The minimum atomic E-state index is 0.301. The van der Waals surface area contributed by atoms with Crippen LogP contribution in [0.3, 0.4) is 0 Å². The minimum Gasteiger partial charge on any atom is -0.370 e. The lowest BCUT2D eigenvalue weighted by Gasteiger charge is -2.19. The highest BCUT2D eigenvalue weighted by Gasteiger charge is 2.11. The first-order valence-corrected chi connectivity index (χ1v) is 5.69. The molecule has 1 aromatic heterocycles. The molecule has 0 aliphatic heterocycles. The van der Waals surface area contributed by atoms with E-state index in [0.29, 0.717) is 5.41 Å². The first kappa shape index (κ1) is 12.1. The molecule has 3 heteroatoms. The molecule has 15 heavy (non-hydrogen) atoms. The van der Waals surface area contributed by atoms with E-state index in [2.05, 4.69) is 44.2 Å². The zero-order valence-corrected chi connectivity index (χ0v) is 10.6. The fourth-order valence-electron chi connectivity index (χ4n) is 1.43. The number of anilines is 1. The summed E-state index contributed by atoms with van der Waals surface area (Å²) in [5, 5.41) is 7.89. The first-order valence-electron chi connectivity index (χ1n) is 5.69. The second-order valence-corrected chi connectivity index (χ2v) is 5.31.